The Bertz CT molecular complexity index is 206. The first kappa shape index (κ1) is 12.4. The van der Waals surface area contributed by atoms with Crippen LogP contribution < -0.4 is 0 Å². The lowest BCUT2D eigenvalue weighted by atomic mass is 9.91. The molecule has 0 saturated heterocycles. The maximum Gasteiger partial charge on any atom is 0.152 e. The number of allylic oxidation sites excluding steroid dienone is 1. The fourth-order valence-corrected chi connectivity index (χ4v) is 1.39. The highest BCUT2D eigenvalue weighted by atomic mass is 16.5. The monoisotopic (exact) mass is 184 g/mol. The van der Waals surface area contributed by atoms with Gasteiger partial charge in [0.15, 0.2) is 5.78 Å². The van der Waals surface area contributed by atoms with Crippen LogP contribution >= 0.6 is 0 Å². The third kappa shape index (κ3) is 3.73. The Morgan fingerprint density at radius 2 is 2.00 bits per heavy atom. The summed E-state index contributed by atoms with van der Waals surface area (Å²) >= 11 is 0. The summed E-state index contributed by atoms with van der Waals surface area (Å²) in [7, 11) is 1.69. The Labute approximate surface area is 81.0 Å². The van der Waals surface area contributed by atoms with Gasteiger partial charge < -0.3 is 4.74 Å². The molecule has 76 valence electrons. The molecule has 0 aromatic heterocycles. The molecule has 0 N–H and O–H groups in total. The van der Waals surface area contributed by atoms with E-state index in [0.717, 1.165) is 18.4 Å². The van der Waals surface area contributed by atoms with Crippen LogP contribution in [0.2, 0.25) is 0 Å². The highest BCUT2D eigenvalue weighted by molar-refractivity contribution is 5.88. The quantitative estimate of drug-likeness (QED) is 0.614. The molecule has 0 aromatic rings. The van der Waals surface area contributed by atoms with Crippen molar-refractivity contribution >= 4 is 5.78 Å². The van der Waals surface area contributed by atoms with Crippen LogP contribution in [-0.4, -0.2) is 18.5 Å². The first-order chi connectivity index (χ1) is 5.96. The average molecular weight is 184 g/mol. The van der Waals surface area contributed by atoms with E-state index in [9.17, 15) is 4.79 Å². The third-order valence-electron chi connectivity index (χ3n) is 2.43. The van der Waals surface area contributed by atoms with Gasteiger partial charge in [-0.1, -0.05) is 13.3 Å². The van der Waals surface area contributed by atoms with Crippen LogP contribution in [0.25, 0.3) is 0 Å². The summed E-state index contributed by atoms with van der Waals surface area (Å²) in [5.41, 5.74) is 0.727. The van der Waals surface area contributed by atoms with Crippen molar-refractivity contribution in [1.82, 2.24) is 0 Å². The average Bonchev–Trinajstić information content (AvgIpc) is 2.03. The Balaban J connectivity index is 4.64. The van der Waals surface area contributed by atoms with E-state index in [4.69, 9.17) is 4.74 Å². The molecule has 0 spiro atoms. The van der Waals surface area contributed by atoms with Crippen molar-refractivity contribution in [2.24, 2.45) is 0 Å². The normalized spacial score (nSPS) is 16.8. The number of carbonyl (C=O) groups is 1. The van der Waals surface area contributed by atoms with Crippen LogP contribution in [0.1, 0.15) is 40.5 Å². The van der Waals surface area contributed by atoms with Crippen molar-refractivity contribution in [3.63, 3.8) is 0 Å². The fraction of sp³-hybridized carbons (Fsp3) is 0.727. The molecule has 0 bridgehead atoms. The molecule has 0 amide bonds. The van der Waals surface area contributed by atoms with Crippen molar-refractivity contribution in [2.45, 2.75) is 46.1 Å². The Hall–Kier alpha value is -0.630. The second-order valence-corrected chi connectivity index (χ2v) is 3.62. The summed E-state index contributed by atoms with van der Waals surface area (Å²) in [6, 6.07) is 0. The molecule has 0 aromatic carbocycles. The SMILES string of the molecule is CCCC(C)(OC)C(C)=CC(C)=O. The standard InChI is InChI=1S/C11H20O2/c1-6-7-11(4,13-5)9(2)8-10(3)12/h8H,6-7H2,1-5H3. The van der Waals surface area contributed by atoms with E-state index in [0.29, 0.717) is 0 Å². The largest absolute Gasteiger partial charge is 0.374 e. The van der Waals surface area contributed by atoms with Gasteiger partial charge in [0.25, 0.3) is 0 Å². The van der Waals surface area contributed by atoms with Crippen LogP contribution in [0.4, 0.5) is 0 Å². The van der Waals surface area contributed by atoms with Gasteiger partial charge in [-0.25, -0.2) is 0 Å². The maximum atomic E-state index is 10.9. The molecule has 2 heteroatoms. The van der Waals surface area contributed by atoms with Gasteiger partial charge in [-0.05, 0) is 38.8 Å². The number of hydrogen-bond acceptors (Lipinski definition) is 2. The molecular weight excluding hydrogens is 164 g/mol. The van der Waals surface area contributed by atoms with E-state index in [-0.39, 0.29) is 11.4 Å². The van der Waals surface area contributed by atoms with Gasteiger partial charge in [0, 0.05) is 7.11 Å². The first-order valence-electron chi connectivity index (χ1n) is 4.70. The summed E-state index contributed by atoms with van der Waals surface area (Å²) < 4.78 is 5.42. The van der Waals surface area contributed by atoms with E-state index in [1.165, 1.54) is 0 Å². The molecule has 0 aliphatic carbocycles. The lowest BCUT2D eigenvalue weighted by Gasteiger charge is -2.28. The number of ether oxygens (including phenoxy) is 1. The summed E-state index contributed by atoms with van der Waals surface area (Å²) in [6.07, 6.45) is 3.64. The molecular formula is C11H20O2. The van der Waals surface area contributed by atoms with E-state index in [2.05, 4.69) is 6.92 Å². The topological polar surface area (TPSA) is 26.3 Å². The molecule has 1 unspecified atom stereocenters. The molecule has 0 heterocycles. The van der Waals surface area contributed by atoms with Gasteiger partial charge in [-0.15, -0.1) is 0 Å². The van der Waals surface area contributed by atoms with Gasteiger partial charge in [0.1, 0.15) is 0 Å². The third-order valence-corrected chi connectivity index (χ3v) is 2.43. The first-order valence-corrected chi connectivity index (χ1v) is 4.70. The van der Waals surface area contributed by atoms with E-state index in [1.807, 2.05) is 13.8 Å². The summed E-state index contributed by atoms with van der Waals surface area (Å²) in [5.74, 6) is 0.0804. The van der Waals surface area contributed by atoms with Crippen molar-refractivity contribution in [3.05, 3.63) is 11.6 Å². The number of rotatable bonds is 5. The van der Waals surface area contributed by atoms with Gasteiger partial charge in [-0.3, -0.25) is 4.79 Å². The molecule has 0 rings (SSSR count). The summed E-state index contributed by atoms with van der Waals surface area (Å²) in [5, 5.41) is 0. The highest BCUT2D eigenvalue weighted by Gasteiger charge is 2.24. The van der Waals surface area contributed by atoms with E-state index in [1.54, 1.807) is 20.1 Å². The summed E-state index contributed by atoms with van der Waals surface area (Å²) in [4.78, 5) is 10.9. The number of ketones is 1. The zero-order chi connectivity index (χ0) is 10.5. The van der Waals surface area contributed by atoms with Crippen LogP contribution in [0.3, 0.4) is 0 Å². The predicted molar refractivity (Wildman–Crippen MR) is 54.8 cm³/mol. The lowest BCUT2D eigenvalue weighted by Crippen LogP contribution is -2.28. The van der Waals surface area contributed by atoms with Crippen molar-refractivity contribution in [3.8, 4) is 0 Å². The Morgan fingerprint density at radius 1 is 1.46 bits per heavy atom. The van der Waals surface area contributed by atoms with Crippen molar-refractivity contribution < 1.29 is 9.53 Å². The van der Waals surface area contributed by atoms with E-state index < -0.39 is 0 Å². The van der Waals surface area contributed by atoms with E-state index >= 15 is 0 Å². The van der Waals surface area contributed by atoms with Crippen molar-refractivity contribution in [1.29, 1.82) is 0 Å². The molecule has 0 fully saturated rings. The second-order valence-electron chi connectivity index (χ2n) is 3.62. The fourth-order valence-electron chi connectivity index (χ4n) is 1.39. The lowest BCUT2D eigenvalue weighted by molar-refractivity contribution is -0.112. The van der Waals surface area contributed by atoms with Gasteiger partial charge >= 0.3 is 0 Å². The molecule has 0 radical (unpaired) electrons. The molecule has 2 nitrogen and oxygen atoms in total. The molecule has 13 heavy (non-hydrogen) atoms. The Kier molecular flexibility index (Phi) is 4.92. The number of methoxy groups -OCH3 is 1. The van der Waals surface area contributed by atoms with Crippen molar-refractivity contribution in [2.75, 3.05) is 7.11 Å². The van der Waals surface area contributed by atoms with Crippen LogP contribution in [0, 0.1) is 0 Å². The minimum atomic E-state index is -0.277. The minimum absolute atomic E-state index is 0.0804. The zero-order valence-corrected chi connectivity index (χ0v) is 9.31. The second kappa shape index (κ2) is 5.18. The van der Waals surface area contributed by atoms with Gasteiger partial charge in [0.05, 0.1) is 5.60 Å². The minimum Gasteiger partial charge on any atom is -0.374 e. The maximum absolute atomic E-state index is 10.9. The zero-order valence-electron chi connectivity index (χ0n) is 9.31. The van der Waals surface area contributed by atoms with Gasteiger partial charge in [0.2, 0.25) is 0 Å². The number of hydrogen-bond donors (Lipinski definition) is 0. The molecule has 0 aliphatic heterocycles. The molecule has 0 aliphatic rings. The van der Waals surface area contributed by atoms with Crippen LogP contribution in [0.15, 0.2) is 11.6 Å². The highest BCUT2D eigenvalue weighted by Crippen LogP contribution is 2.25. The molecule has 1 atom stereocenters. The van der Waals surface area contributed by atoms with Crippen LogP contribution in [-0.2, 0) is 9.53 Å². The van der Waals surface area contributed by atoms with Gasteiger partial charge in [-0.2, -0.15) is 0 Å². The molecule has 0 saturated carbocycles. The number of carbonyl (C=O) groups excluding carboxylic acids is 1. The smallest absolute Gasteiger partial charge is 0.152 e. The Morgan fingerprint density at radius 3 is 2.31 bits per heavy atom. The van der Waals surface area contributed by atoms with Crippen LogP contribution in [0.5, 0.6) is 0 Å². The predicted octanol–water partition coefficient (Wildman–Crippen LogP) is 2.73. The summed E-state index contributed by atoms with van der Waals surface area (Å²) in [6.45, 7) is 7.63.